The van der Waals surface area contributed by atoms with Gasteiger partial charge in [-0.05, 0) is 24.3 Å². The Morgan fingerprint density at radius 3 is 2.95 bits per heavy atom. The number of nitrogens with zero attached hydrogens (tertiary/aromatic N) is 2. The monoisotopic (exact) mass is 289 g/mol. The van der Waals surface area contributed by atoms with Crippen LogP contribution in [0.25, 0.3) is 0 Å². The normalized spacial score (nSPS) is 16.2. The maximum absolute atomic E-state index is 12.1. The fraction of sp³-hybridized carbons (Fsp3) is 0.467. The highest BCUT2D eigenvalue weighted by Gasteiger charge is 2.19. The van der Waals surface area contributed by atoms with Gasteiger partial charge in [0.25, 0.3) is 0 Å². The summed E-state index contributed by atoms with van der Waals surface area (Å²) in [6.07, 6.45) is 8.37. The van der Waals surface area contributed by atoms with Crippen molar-refractivity contribution in [3.8, 4) is 0 Å². The minimum absolute atomic E-state index is 0.0324. The number of amides is 1. The van der Waals surface area contributed by atoms with E-state index in [9.17, 15) is 4.79 Å². The average molecular weight is 289 g/mol. The molecule has 1 amide bonds. The van der Waals surface area contributed by atoms with Gasteiger partial charge in [0, 0.05) is 10.9 Å². The van der Waals surface area contributed by atoms with E-state index in [0.717, 1.165) is 23.5 Å². The van der Waals surface area contributed by atoms with Crippen molar-refractivity contribution in [2.24, 2.45) is 0 Å². The average Bonchev–Trinajstić information content (AvgIpc) is 3.11. The van der Waals surface area contributed by atoms with Crippen molar-refractivity contribution in [3.63, 3.8) is 0 Å². The molecule has 4 nitrogen and oxygen atoms in total. The van der Waals surface area contributed by atoms with E-state index < -0.39 is 0 Å². The fourth-order valence-corrected chi connectivity index (χ4v) is 3.49. The second kappa shape index (κ2) is 6.22. The highest BCUT2D eigenvalue weighted by molar-refractivity contribution is 7.10. The Morgan fingerprint density at radius 1 is 1.35 bits per heavy atom. The highest BCUT2D eigenvalue weighted by atomic mass is 32.1. The Bertz CT molecular complexity index is 555. The molecule has 3 rings (SSSR count). The van der Waals surface area contributed by atoms with Crippen molar-refractivity contribution in [1.82, 2.24) is 9.78 Å². The smallest absolute Gasteiger partial charge is 0.230 e. The van der Waals surface area contributed by atoms with E-state index >= 15 is 0 Å². The summed E-state index contributed by atoms with van der Waals surface area (Å²) < 4.78 is 1.99. The molecule has 1 aliphatic rings. The third-order valence-corrected chi connectivity index (χ3v) is 4.65. The molecule has 0 radical (unpaired) electrons. The molecule has 0 bridgehead atoms. The number of nitrogens with one attached hydrogen (secondary N) is 1. The zero-order valence-corrected chi connectivity index (χ0v) is 12.2. The summed E-state index contributed by atoms with van der Waals surface area (Å²) in [5.74, 6) is 0.864. The highest BCUT2D eigenvalue weighted by Crippen LogP contribution is 2.29. The SMILES string of the molecule is O=C(Cc1cccs1)Nc1ccnn1C1CCCCC1. The van der Waals surface area contributed by atoms with Gasteiger partial charge in [-0.3, -0.25) is 4.79 Å². The second-order valence-corrected chi connectivity index (χ2v) is 6.29. The molecule has 1 fully saturated rings. The second-order valence-electron chi connectivity index (χ2n) is 5.26. The summed E-state index contributed by atoms with van der Waals surface area (Å²) in [5.41, 5.74) is 0. The van der Waals surface area contributed by atoms with Crippen LogP contribution in [-0.4, -0.2) is 15.7 Å². The lowest BCUT2D eigenvalue weighted by Crippen LogP contribution is -2.21. The number of aromatic nitrogens is 2. The predicted molar refractivity (Wildman–Crippen MR) is 81.0 cm³/mol. The topological polar surface area (TPSA) is 46.9 Å². The van der Waals surface area contributed by atoms with Gasteiger partial charge in [-0.1, -0.05) is 25.3 Å². The van der Waals surface area contributed by atoms with E-state index in [2.05, 4.69) is 10.4 Å². The largest absolute Gasteiger partial charge is 0.311 e. The molecule has 1 saturated carbocycles. The van der Waals surface area contributed by atoms with Crippen LogP contribution in [0.2, 0.25) is 0 Å². The van der Waals surface area contributed by atoms with E-state index in [1.54, 1.807) is 17.5 Å². The molecule has 2 aromatic heterocycles. The molecule has 1 aliphatic carbocycles. The maximum Gasteiger partial charge on any atom is 0.230 e. The van der Waals surface area contributed by atoms with Gasteiger partial charge in [0.15, 0.2) is 0 Å². The van der Waals surface area contributed by atoms with E-state index in [1.165, 1.54) is 19.3 Å². The van der Waals surface area contributed by atoms with Gasteiger partial charge in [-0.2, -0.15) is 5.10 Å². The Kier molecular flexibility index (Phi) is 4.16. The summed E-state index contributed by atoms with van der Waals surface area (Å²) in [6, 6.07) is 6.29. The minimum atomic E-state index is 0.0324. The summed E-state index contributed by atoms with van der Waals surface area (Å²) >= 11 is 1.61. The molecule has 2 aromatic rings. The van der Waals surface area contributed by atoms with Crippen LogP contribution in [0.4, 0.5) is 5.82 Å². The van der Waals surface area contributed by atoms with Crippen LogP contribution < -0.4 is 5.32 Å². The first-order valence-corrected chi connectivity index (χ1v) is 8.06. The van der Waals surface area contributed by atoms with E-state index in [0.29, 0.717) is 12.5 Å². The molecular formula is C15H19N3OS. The van der Waals surface area contributed by atoms with Crippen molar-refractivity contribution >= 4 is 23.1 Å². The van der Waals surface area contributed by atoms with Crippen LogP contribution in [0.3, 0.4) is 0 Å². The first-order valence-electron chi connectivity index (χ1n) is 7.18. The van der Waals surface area contributed by atoms with Crippen molar-refractivity contribution in [1.29, 1.82) is 0 Å². The van der Waals surface area contributed by atoms with Gasteiger partial charge in [0.2, 0.25) is 5.91 Å². The lowest BCUT2D eigenvalue weighted by Gasteiger charge is -2.23. The van der Waals surface area contributed by atoms with Crippen LogP contribution >= 0.6 is 11.3 Å². The van der Waals surface area contributed by atoms with Crippen LogP contribution in [0.1, 0.15) is 43.0 Å². The first kappa shape index (κ1) is 13.4. The maximum atomic E-state index is 12.1. The molecule has 0 unspecified atom stereocenters. The number of hydrogen-bond donors (Lipinski definition) is 1. The molecule has 1 N–H and O–H groups in total. The fourth-order valence-electron chi connectivity index (χ4n) is 2.79. The van der Waals surface area contributed by atoms with Crippen LogP contribution in [0.15, 0.2) is 29.8 Å². The molecule has 2 heterocycles. The first-order chi connectivity index (χ1) is 9.83. The third kappa shape index (κ3) is 3.10. The van der Waals surface area contributed by atoms with Crippen molar-refractivity contribution < 1.29 is 4.79 Å². The van der Waals surface area contributed by atoms with Crippen LogP contribution in [-0.2, 0) is 11.2 Å². The number of carbonyl (C=O) groups excluding carboxylic acids is 1. The van der Waals surface area contributed by atoms with Crippen molar-refractivity contribution in [2.45, 2.75) is 44.6 Å². The van der Waals surface area contributed by atoms with Gasteiger partial charge in [0.1, 0.15) is 5.82 Å². The standard InChI is InChI=1S/C15H19N3OS/c19-15(11-13-7-4-10-20-13)17-14-8-9-16-18(14)12-5-2-1-3-6-12/h4,7-10,12H,1-3,5-6,11H2,(H,17,19). The minimum Gasteiger partial charge on any atom is -0.311 e. The van der Waals surface area contributed by atoms with E-state index in [-0.39, 0.29) is 5.91 Å². The molecule has 0 aromatic carbocycles. The molecular weight excluding hydrogens is 270 g/mol. The Balaban J connectivity index is 1.65. The number of hydrogen-bond acceptors (Lipinski definition) is 3. The quantitative estimate of drug-likeness (QED) is 0.934. The lowest BCUT2D eigenvalue weighted by molar-refractivity contribution is -0.115. The summed E-state index contributed by atoms with van der Waals surface area (Å²) in [7, 11) is 0. The summed E-state index contributed by atoms with van der Waals surface area (Å²) in [6.45, 7) is 0. The van der Waals surface area contributed by atoms with Gasteiger partial charge in [-0.15, -0.1) is 11.3 Å². The van der Waals surface area contributed by atoms with Crippen molar-refractivity contribution in [3.05, 3.63) is 34.7 Å². The number of rotatable bonds is 4. The summed E-state index contributed by atoms with van der Waals surface area (Å²) in [5, 5.41) is 9.38. The number of anilines is 1. The Morgan fingerprint density at radius 2 is 2.20 bits per heavy atom. The molecule has 20 heavy (non-hydrogen) atoms. The number of thiophene rings is 1. The molecule has 0 aliphatic heterocycles. The van der Waals surface area contributed by atoms with Gasteiger partial charge in [0.05, 0.1) is 18.7 Å². The third-order valence-electron chi connectivity index (χ3n) is 3.77. The van der Waals surface area contributed by atoms with Gasteiger partial charge >= 0.3 is 0 Å². The lowest BCUT2D eigenvalue weighted by atomic mass is 9.96. The Labute approximate surface area is 122 Å². The number of carbonyl (C=O) groups is 1. The van der Waals surface area contributed by atoms with Gasteiger partial charge < -0.3 is 5.32 Å². The summed E-state index contributed by atoms with van der Waals surface area (Å²) in [4.78, 5) is 13.2. The molecule has 0 spiro atoms. The molecule has 0 atom stereocenters. The molecule has 106 valence electrons. The van der Waals surface area contributed by atoms with Crippen molar-refractivity contribution in [2.75, 3.05) is 5.32 Å². The van der Waals surface area contributed by atoms with Crippen LogP contribution in [0, 0.1) is 0 Å². The van der Waals surface area contributed by atoms with Crippen LogP contribution in [0.5, 0.6) is 0 Å². The predicted octanol–water partition coefficient (Wildman–Crippen LogP) is 3.63. The zero-order chi connectivity index (χ0) is 13.8. The van der Waals surface area contributed by atoms with E-state index in [4.69, 9.17) is 0 Å². The van der Waals surface area contributed by atoms with Gasteiger partial charge in [-0.25, -0.2) is 4.68 Å². The molecule has 5 heteroatoms. The zero-order valence-electron chi connectivity index (χ0n) is 11.4. The van der Waals surface area contributed by atoms with E-state index in [1.807, 2.05) is 28.3 Å². The Hall–Kier alpha value is -1.62. The molecule has 0 saturated heterocycles.